The molecule has 0 aliphatic rings. The Morgan fingerprint density at radius 3 is 2.94 bits per heavy atom. The number of aromatic nitrogens is 2. The van der Waals surface area contributed by atoms with Crippen molar-refractivity contribution in [2.45, 2.75) is 17.8 Å². The summed E-state index contributed by atoms with van der Waals surface area (Å²) in [5.41, 5.74) is 1.43. The quantitative estimate of drug-likeness (QED) is 0.628. The first-order valence-corrected chi connectivity index (χ1v) is 6.29. The summed E-state index contributed by atoms with van der Waals surface area (Å²) >= 11 is 1.35. The smallest absolute Gasteiger partial charge is 0.188 e. The highest BCUT2D eigenvalue weighted by molar-refractivity contribution is 7.98. The zero-order valence-corrected chi connectivity index (χ0v) is 10.5. The van der Waals surface area contributed by atoms with Gasteiger partial charge in [-0.15, -0.1) is 0 Å². The first-order valence-electron chi connectivity index (χ1n) is 5.30. The summed E-state index contributed by atoms with van der Waals surface area (Å²) in [5.74, 6) is -0.0506. The Morgan fingerprint density at radius 1 is 1.39 bits per heavy atom. The number of benzene rings is 1. The Bertz CT molecular complexity index is 607. The second-order valence-corrected chi connectivity index (χ2v) is 4.60. The molecule has 2 rings (SSSR count). The largest absolute Gasteiger partial charge is 0.231 e. The van der Waals surface area contributed by atoms with E-state index in [0.29, 0.717) is 16.5 Å². The molecule has 0 aliphatic carbocycles. The predicted octanol–water partition coefficient (Wildman–Crippen LogP) is 3.09. The zero-order valence-electron chi connectivity index (χ0n) is 9.72. The Morgan fingerprint density at radius 2 is 2.22 bits per heavy atom. The molecule has 0 unspecified atom stereocenters. The van der Waals surface area contributed by atoms with Gasteiger partial charge in [-0.3, -0.25) is 0 Å². The number of nitriles is 1. The number of halogens is 1. The molecule has 18 heavy (non-hydrogen) atoms. The molecule has 0 amide bonds. The highest BCUT2D eigenvalue weighted by Gasteiger charge is 2.08. The van der Waals surface area contributed by atoms with E-state index in [0.717, 1.165) is 5.69 Å². The summed E-state index contributed by atoms with van der Waals surface area (Å²) in [6, 6.07) is 8.44. The van der Waals surface area contributed by atoms with Gasteiger partial charge in [0.1, 0.15) is 11.9 Å². The van der Waals surface area contributed by atoms with Gasteiger partial charge in [0.2, 0.25) is 0 Å². The van der Waals surface area contributed by atoms with Crippen LogP contribution < -0.4 is 0 Å². The Hall–Kier alpha value is -1.93. The van der Waals surface area contributed by atoms with Crippen molar-refractivity contribution < 1.29 is 4.39 Å². The number of thioether (sulfide) groups is 1. The Kier molecular flexibility index (Phi) is 3.90. The van der Waals surface area contributed by atoms with E-state index in [-0.39, 0.29) is 5.56 Å². The van der Waals surface area contributed by atoms with Crippen LogP contribution in [-0.2, 0) is 5.75 Å². The molecule has 1 heterocycles. The fourth-order valence-corrected chi connectivity index (χ4v) is 2.27. The summed E-state index contributed by atoms with van der Waals surface area (Å²) in [6.45, 7) is 1.88. The van der Waals surface area contributed by atoms with Gasteiger partial charge in [0, 0.05) is 17.6 Å². The van der Waals surface area contributed by atoms with E-state index in [2.05, 4.69) is 9.97 Å². The molecule has 2 aromatic rings. The average Bonchev–Trinajstić information content (AvgIpc) is 2.38. The Balaban J connectivity index is 2.14. The number of aryl methyl sites for hydroxylation is 1. The van der Waals surface area contributed by atoms with E-state index in [9.17, 15) is 4.39 Å². The summed E-state index contributed by atoms with van der Waals surface area (Å²) in [7, 11) is 0. The first kappa shape index (κ1) is 12.5. The van der Waals surface area contributed by atoms with Crippen LogP contribution in [-0.4, -0.2) is 9.97 Å². The topological polar surface area (TPSA) is 49.6 Å². The molecule has 1 aromatic heterocycles. The van der Waals surface area contributed by atoms with Gasteiger partial charge >= 0.3 is 0 Å². The van der Waals surface area contributed by atoms with Gasteiger partial charge in [0.15, 0.2) is 5.16 Å². The second-order valence-electron chi connectivity index (χ2n) is 3.66. The maximum Gasteiger partial charge on any atom is 0.188 e. The summed E-state index contributed by atoms with van der Waals surface area (Å²) < 4.78 is 13.8. The fraction of sp³-hybridized carbons (Fsp3) is 0.154. The summed E-state index contributed by atoms with van der Waals surface area (Å²) in [5, 5.41) is 9.35. The number of rotatable bonds is 3. The van der Waals surface area contributed by atoms with E-state index in [1.54, 1.807) is 24.4 Å². The molecule has 0 N–H and O–H groups in total. The van der Waals surface area contributed by atoms with Crippen molar-refractivity contribution in [3.63, 3.8) is 0 Å². The zero-order chi connectivity index (χ0) is 13.0. The molecule has 1 aromatic carbocycles. The average molecular weight is 259 g/mol. The normalized spacial score (nSPS) is 10.1. The van der Waals surface area contributed by atoms with Crippen molar-refractivity contribution in [3.05, 3.63) is 53.1 Å². The molecule has 0 radical (unpaired) electrons. The van der Waals surface area contributed by atoms with Crippen LogP contribution in [0.4, 0.5) is 4.39 Å². The molecule has 0 saturated carbocycles. The van der Waals surface area contributed by atoms with Gasteiger partial charge in [-0.25, -0.2) is 14.4 Å². The molecule has 0 saturated heterocycles. The van der Waals surface area contributed by atoms with Gasteiger partial charge in [-0.1, -0.05) is 23.9 Å². The monoisotopic (exact) mass is 259 g/mol. The van der Waals surface area contributed by atoms with Crippen LogP contribution in [0.1, 0.15) is 16.8 Å². The second kappa shape index (κ2) is 5.61. The highest BCUT2D eigenvalue weighted by Crippen LogP contribution is 2.22. The third kappa shape index (κ3) is 2.84. The lowest BCUT2D eigenvalue weighted by Gasteiger charge is -2.03. The van der Waals surface area contributed by atoms with Gasteiger partial charge < -0.3 is 0 Å². The van der Waals surface area contributed by atoms with Gasteiger partial charge in [-0.05, 0) is 24.6 Å². The highest BCUT2D eigenvalue weighted by atomic mass is 32.2. The third-order valence-corrected chi connectivity index (χ3v) is 3.24. The molecule has 0 spiro atoms. The van der Waals surface area contributed by atoms with Crippen LogP contribution in [0.15, 0.2) is 35.6 Å². The van der Waals surface area contributed by atoms with Crippen LogP contribution in [0.3, 0.4) is 0 Å². The number of hydrogen-bond acceptors (Lipinski definition) is 4. The number of hydrogen-bond donors (Lipinski definition) is 0. The van der Waals surface area contributed by atoms with Gasteiger partial charge in [-0.2, -0.15) is 5.26 Å². The fourth-order valence-electron chi connectivity index (χ4n) is 1.42. The molecule has 3 nitrogen and oxygen atoms in total. The molecule has 0 atom stereocenters. The first-order chi connectivity index (χ1) is 8.70. The maximum atomic E-state index is 13.8. The van der Waals surface area contributed by atoms with Crippen molar-refractivity contribution in [2.75, 3.05) is 0 Å². The van der Waals surface area contributed by atoms with Crippen LogP contribution >= 0.6 is 11.8 Å². The van der Waals surface area contributed by atoms with Crippen molar-refractivity contribution in [1.29, 1.82) is 5.26 Å². The molecule has 0 fully saturated rings. The minimum atomic E-state index is -0.458. The van der Waals surface area contributed by atoms with E-state index in [1.165, 1.54) is 17.8 Å². The molecule has 0 aliphatic heterocycles. The SMILES string of the molecule is Cc1ccnc(SCc2cccc(C#N)c2F)n1. The van der Waals surface area contributed by atoms with Crippen LogP contribution in [0.2, 0.25) is 0 Å². The van der Waals surface area contributed by atoms with Crippen LogP contribution in [0.25, 0.3) is 0 Å². The summed E-state index contributed by atoms with van der Waals surface area (Å²) in [6.07, 6.45) is 1.67. The predicted molar refractivity (Wildman–Crippen MR) is 67.4 cm³/mol. The van der Waals surface area contributed by atoms with Crippen LogP contribution in [0.5, 0.6) is 0 Å². The van der Waals surface area contributed by atoms with E-state index in [4.69, 9.17) is 5.26 Å². The molecular weight excluding hydrogens is 249 g/mol. The van der Waals surface area contributed by atoms with Crippen molar-refractivity contribution in [3.8, 4) is 6.07 Å². The van der Waals surface area contributed by atoms with E-state index >= 15 is 0 Å². The minimum absolute atomic E-state index is 0.0678. The van der Waals surface area contributed by atoms with E-state index < -0.39 is 5.82 Å². The lowest BCUT2D eigenvalue weighted by Crippen LogP contribution is -1.93. The molecule has 5 heteroatoms. The lowest BCUT2D eigenvalue weighted by molar-refractivity contribution is 0.613. The van der Waals surface area contributed by atoms with Crippen molar-refractivity contribution in [2.24, 2.45) is 0 Å². The van der Waals surface area contributed by atoms with Gasteiger partial charge in [0.25, 0.3) is 0 Å². The lowest BCUT2D eigenvalue weighted by atomic mass is 10.1. The number of nitrogens with zero attached hydrogens (tertiary/aromatic N) is 3. The van der Waals surface area contributed by atoms with Crippen LogP contribution in [0, 0.1) is 24.1 Å². The third-order valence-electron chi connectivity index (χ3n) is 2.33. The maximum absolute atomic E-state index is 13.8. The standard InChI is InChI=1S/C13H10FN3S/c1-9-5-6-16-13(17-9)18-8-11-4-2-3-10(7-15)12(11)14/h2-6H,8H2,1H3. The Labute approximate surface area is 109 Å². The van der Waals surface area contributed by atoms with E-state index in [1.807, 2.05) is 13.0 Å². The molecule has 0 bridgehead atoms. The van der Waals surface area contributed by atoms with Crippen molar-refractivity contribution in [1.82, 2.24) is 9.97 Å². The summed E-state index contributed by atoms with van der Waals surface area (Å²) in [4.78, 5) is 8.32. The van der Waals surface area contributed by atoms with Crippen molar-refractivity contribution >= 4 is 11.8 Å². The molecule has 90 valence electrons. The molecular formula is C13H10FN3S. The minimum Gasteiger partial charge on any atom is -0.231 e. The van der Waals surface area contributed by atoms with Gasteiger partial charge in [0.05, 0.1) is 5.56 Å².